The molecule has 1 amide bonds. The zero-order chi connectivity index (χ0) is 18.6. The van der Waals surface area contributed by atoms with E-state index in [9.17, 15) is 9.59 Å². The summed E-state index contributed by atoms with van der Waals surface area (Å²) in [7, 11) is 0. The van der Waals surface area contributed by atoms with Gasteiger partial charge in [0.25, 0.3) is 11.5 Å². The molecular formula is C21H18N4O2. The summed E-state index contributed by atoms with van der Waals surface area (Å²) < 4.78 is 1.28. The lowest BCUT2D eigenvalue weighted by molar-refractivity contribution is 0.0955. The van der Waals surface area contributed by atoms with Crippen molar-refractivity contribution in [3.63, 3.8) is 0 Å². The van der Waals surface area contributed by atoms with E-state index in [0.29, 0.717) is 23.4 Å². The molecule has 0 spiro atoms. The third kappa shape index (κ3) is 3.50. The van der Waals surface area contributed by atoms with Gasteiger partial charge in [0.1, 0.15) is 5.56 Å². The maximum atomic E-state index is 12.6. The van der Waals surface area contributed by atoms with Crippen LogP contribution in [0.25, 0.3) is 16.9 Å². The molecule has 2 aromatic carbocycles. The molecule has 2 heterocycles. The van der Waals surface area contributed by atoms with Gasteiger partial charge in [0, 0.05) is 24.4 Å². The van der Waals surface area contributed by atoms with E-state index in [1.807, 2.05) is 60.7 Å². The van der Waals surface area contributed by atoms with E-state index in [0.717, 1.165) is 17.5 Å². The molecular weight excluding hydrogens is 340 g/mol. The van der Waals surface area contributed by atoms with Crippen molar-refractivity contribution in [2.24, 2.45) is 0 Å². The Labute approximate surface area is 155 Å². The van der Waals surface area contributed by atoms with Gasteiger partial charge in [0.2, 0.25) is 0 Å². The highest BCUT2D eigenvalue weighted by atomic mass is 16.2. The Hall–Kier alpha value is -3.67. The lowest BCUT2D eigenvalue weighted by Gasteiger charge is -2.05. The van der Waals surface area contributed by atoms with E-state index in [2.05, 4.69) is 15.4 Å². The van der Waals surface area contributed by atoms with Crippen LogP contribution in [0.4, 0.5) is 0 Å². The van der Waals surface area contributed by atoms with Crippen LogP contribution >= 0.6 is 0 Å². The summed E-state index contributed by atoms with van der Waals surface area (Å²) in [5.74, 6) is -0.262. The second kappa shape index (κ2) is 7.29. The number of aromatic amines is 1. The monoisotopic (exact) mass is 358 g/mol. The van der Waals surface area contributed by atoms with Crippen LogP contribution in [0.1, 0.15) is 15.9 Å². The Morgan fingerprint density at radius 3 is 2.48 bits per heavy atom. The van der Waals surface area contributed by atoms with E-state index in [-0.39, 0.29) is 11.5 Å². The predicted octanol–water partition coefficient (Wildman–Crippen LogP) is 2.66. The minimum Gasteiger partial charge on any atom is -0.352 e. The van der Waals surface area contributed by atoms with Gasteiger partial charge in [-0.15, -0.1) is 0 Å². The Morgan fingerprint density at radius 1 is 1.04 bits per heavy atom. The maximum Gasteiger partial charge on any atom is 0.273 e. The summed E-state index contributed by atoms with van der Waals surface area (Å²) in [6, 6.07) is 20.8. The average Bonchev–Trinajstić information content (AvgIpc) is 3.14. The lowest BCUT2D eigenvalue weighted by atomic mass is 10.1. The molecule has 27 heavy (non-hydrogen) atoms. The maximum absolute atomic E-state index is 12.6. The predicted molar refractivity (Wildman–Crippen MR) is 104 cm³/mol. The van der Waals surface area contributed by atoms with Crippen molar-refractivity contribution in [2.45, 2.75) is 6.42 Å². The molecule has 0 aliphatic rings. The Kier molecular flexibility index (Phi) is 4.53. The quantitative estimate of drug-likeness (QED) is 0.576. The fraction of sp³-hybridized carbons (Fsp3) is 0.0952. The Bertz CT molecular complexity index is 1130. The molecule has 0 bridgehead atoms. The summed E-state index contributed by atoms with van der Waals surface area (Å²) in [6.45, 7) is 0.503. The van der Waals surface area contributed by atoms with Crippen molar-refractivity contribution in [3.05, 3.63) is 94.4 Å². The van der Waals surface area contributed by atoms with Gasteiger partial charge in [0.15, 0.2) is 5.65 Å². The first-order valence-corrected chi connectivity index (χ1v) is 8.71. The zero-order valence-corrected chi connectivity index (χ0v) is 14.6. The first-order chi connectivity index (χ1) is 13.2. The molecule has 2 N–H and O–H groups in total. The van der Waals surface area contributed by atoms with Crippen LogP contribution < -0.4 is 10.9 Å². The van der Waals surface area contributed by atoms with Gasteiger partial charge >= 0.3 is 0 Å². The molecule has 4 aromatic rings. The first-order valence-electron chi connectivity index (χ1n) is 8.71. The van der Waals surface area contributed by atoms with Crippen LogP contribution in [0.2, 0.25) is 0 Å². The van der Waals surface area contributed by atoms with Crippen molar-refractivity contribution < 1.29 is 4.79 Å². The average molecular weight is 358 g/mol. The van der Waals surface area contributed by atoms with Gasteiger partial charge < -0.3 is 5.32 Å². The standard InChI is InChI=1S/C21H18N4O2/c26-19-13-18(16-9-5-2-6-10-16)24-20-17(14-23-25(19)20)21(27)22-12-11-15-7-3-1-4-8-15/h1-10,13-14,23H,11-12H2,(H,22,27). The minimum atomic E-state index is -0.262. The Morgan fingerprint density at radius 2 is 1.74 bits per heavy atom. The number of nitrogens with zero attached hydrogens (tertiary/aromatic N) is 2. The summed E-state index contributed by atoms with van der Waals surface area (Å²) in [5, 5.41) is 5.70. The van der Waals surface area contributed by atoms with Crippen LogP contribution in [-0.2, 0) is 6.42 Å². The molecule has 0 saturated carbocycles. The van der Waals surface area contributed by atoms with Crippen molar-refractivity contribution in [1.29, 1.82) is 0 Å². The molecule has 0 aliphatic carbocycles. The Balaban J connectivity index is 1.59. The summed E-state index contributed by atoms with van der Waals surface area (Å²) in [4.78, 5) is 29.5. The van der Waals surface area contributed by atoms with Gasteiger partial charge in [-0.25, -0.2) is 9.50 Å². The van der Waals surface area contributed by atoms with E-state index < -0.39 is 0 Å². The molecule has 0 atom stereocenters. The van der Waals surface area contributed by atoms with Crippen molar-refractivity contribution in [2.75, 3.05) is 6.54 Å². The molecule has 4 rings (SSSR count). The van der Waals surface area contributed by atoms with E-state index in [1.165, 1.54) is 16.8 Å². The number of hydrogen-bond donors (Lipinski definition) is 2. The van der Waals surface area contributed by atoms with Crippen LogP contribution in [0.15, 0.2) is 77.7 Å². The summed E-state index contributed by atoms with van der Waals surface area (Å²) in [6.07, 6.45) is 2.24. The SMILES string of the molecule is O=C(NCCc1ccccc1)c1c[nH]n2c(=O)cc(-c3ccccc3)nc12. The lowest BCUT2D eigenvalue weighted by Crippen LogP contribution is -2.26. The number of aromatic nitrogens is 3. The van der Waals surface area contributed by atoms with Gasteiger partial charge in [0.05, 0.1) is 5.69 Å². The number of H-pyrrole nitrogens is 1. The highest BCUT2D eigenvalue weighted by molar-refractivity contribution is 5.99. The summed E-state index contributed by atoms with van der Waals surface area (Å²) in [5.41, 5.74) is 2.92. The van der Waals surface area contributed by atoms with Crippen LogP contribution in [0.5, 0.6) is 0 Å². The summed E-state index contributed by atoms with van der Waals surface area (Å²) >= 11 is 0. The highest BCUT2D eigenvalue weighted by Gasteiger charge is 2.15. The third-order valence-corrected chi connectivity index (χ3v) is 4.35. The van der Waals surface area contributed by atoms with Crippen LogP contribution in [-0.4, -0.2) is 27.0 Å². The minimum absolute atomic E-state index is 0.262. The second-order valence-electron chi connectivity index (χ2n) is 6.18. The zero-order valence-electron chi connectivity index (χ0n) is 14.6. The highest BCUT2D eigenvalue weighted by Crippen LogP contribution is 2.16. The number of rotatable bonds is 5. The number of fused-ring (bicyclic) bond motifs is 1. The van der Waals surface area contributed by atoms with Crippen molar-refractivity contribution >= 4 is 11.6 Å². The molecule has 6 heteroatoms. The number of benzene rings is 2. The van der Waals surface area contributed by atoms with E-state index in [4.69, 9.17) is 0 Å². The van der Waals surface area contributed by atoms with Crippen LogP contribution in [0, 0.1) is 0 Å². The van der Waals surface area contributed by atoms with Crippen molar-refractivity contribution in [3.8, 4) is 11.3 Å². The molecule has 134 valence electrons. The number of hydrogen-bond acceptors (Lipinski definition) is 3. The van der Waals surface area contributed by atoms with Gasteiger partial charge in [-0.3, -0.25) is 14.7 Å². The first kappa shape index (κ1) is 16.8. The fourth-order valence-corrected chi connectivity index (χ4v) is 2.97. The molecule has 0 aliphatic heterocycles. The number of amides is 1. The normalized spacial score (nSPS) is 10.8. The number of carbonyl (C=O) groups is 1. The smallest absolute Gasteiger partial charge is 0.273 e. The van der Waals surface area contributed by atoms with Gasteiger partial charge in [-0.1, -0.05) is 60.7 Å². The topological polar surface area (TPSA) is 79.3 Å². The molecule has 0 fully saturated rings. The number of carbonyl (C=O) groups excluding carboxylic acids is 1. The molecule has 0 saturated heterocycles. The molecule has 0 radical (unpaired) electrons. The fourth-order valence-electron chi connectivity index (χ4n) is 2.97. The second-order valence-corrected chi connectivity index (χ2v) is 6.18. The molecule has 6 nitrogen and oxygen atoms in total. The van der Waals surface area contributed by atoms with E-state index in [1.54, 1.807) is 0 Å². The number of nitrogens with one attached hydrogen (secondary N) is 2. The van der Waals surface area contributed by atoms with Gasteiger partial charge in [-0.2, -0.15) is 0 Å². The third-order valence-electron chi connectivity index (χ3n) is 4.35. The van der Waals surface area contributed by atoms with Crippen LogP contribution in [0.3, 0.4) is 0 Å². The molecule has 0 unspecified atom stereocenters. The van der Waals surface area contributed by atoms with Crippen molar-refractivity contribution in [1.82, 2.24) is 19.9 Å². The largest absolute Gasteiger partial charge is 0.352 e. The van der Waals surface area contributed by atoms with E-state index >= 15 is 0 Å². The van der Waals surface area contributed by atoms with Gasteiger partial charge in [-0.05, 0) is 12.0 Å². The molecule has 2 aromatic heterocycles.